The van der Waals surface area contributed by atoms with Gasteiger partial charge in [-0.1, -0.05) is 24.0 Å². The molecule has 1 rings (SSSR count). The lowest BCUT2D eigenvalue weighted by Crippen LogP contribution is -2.21. The summed E-state index contributed by atoms with van der Waals surface area (Å²) >= 11 is 6.61. The summed E-state index contributed by atoms with van der Waals surface area (Å²) in [7, 11) is -1.27. The number of sulfone groups is 1. The van der Waals surface area contributed by atoms with Gasteiger partial charge in [-0.3, -0.25) is 0 Å². The highest BCUT2D eigenvalue weighted by Crippen LogP contribution is 2.21. The first kappa shape index (κ1) is 16.3. The van der Waals surface area contributed by atoms with E-state index < -0.39 is 9.84 Å². The first-order chi connectivity index (χ1) is 8.90. The van der Waals surface area contributed by atoms with Crippen LogP contribution in [-0.2, 0) is 9.84 Å². The number of benzene rings is 1. The van der Waals surface area contributed by atoms with Crippen molar-refractivity contribution in [2.24, 2.45) is 0 Å². The van der Waals surface area contributed by atoms with Gasteiger partial charge in [-0.15, -0.1) is 0 Å². The number of methoxy groups -OCH3 is 1. The van der Waals surface area contributed by atoms with E-state index in [1.54, 1.807) is 7.11 Å². The van der Waals surface area contributed by atoms with E-state index in [2.05, 4.69) is 5.32 Å². The molecule has 1 N–H and O–H groups in total. The van der Waals surface area contributed by atoms with Gasteiger partial charge in [0.1, 0.15) is 19.9 Å². The maximum absolute atomic E-state index is 10.9. The number of hydrogen-bond acceptors (Lipinski definition) is 5. The molecule has 0 heterocycles. The fourth-order valence-corrected chi connectivity index (χ4v) is 3.03. The summed E-state index contributed by atoms with van der Waals surface area (Å²) in [6.45, 7) is 0.565. The van der Waals surface area contributed by atoms with Crippen molar-refractivity contribution < 1.29 is 13.2 Å². The maximum Gasteiger partial charge on any atom is 0.147 e. The van der Waals surface area contributed by atoms with Crippen molar-refractivity contribution in [3.63, 3.8) is 0 Å². The van der Waals surface area contributed by atoms with E-state index >= 15 is 0 Å². The molecule has 0 spiro atoms. The quantitative estimate of drug-likeness (QED) is 0.492. The van der Waals surface area contributed by atoms with E-state index in [1.807, 2.05) is 24.3 Å². The average Bonchev–Trinajstić information content (AvgIpc) is 2.34. The maximum atomic E-state index is 10.9. The lowest BCUT2D eigenvalue weighted by atomic mass is 10.3. The molecule has 1 aromatic carbocycles. The normalized spacial score (nSPS) is 11.1. The summed E-state index contributed by atoms with van der Waals surface area (Å²) < 4.78 is 27.6. The summed E-state index contributed by atoms with van der Waals surface area (Å²) in [6.07, 6.45) is 1.79. The minimum absolute atomic E-state index is 0.176. The van der Waals surface area contributed by atoms with Crippen LogP contribution in [-0.4, -0.2) is 38.4 Å². The standard InChI is InChI=1S/C12H17NO3S3/c1-16-10-4-6-11(7-5-10)18-12(17)13-8-3-9-19(2,14)15/h4-7H,3,8-9H2,1-2H3,(H,13,17). The number of ether oxygens (including phenoxy) is 1. The number of thiocarbonyl (C=S) groups is 1. The molecular formula is C12H17NO3S3. The van der Waals surface area contributed by atoms with Gasteiger partial charge in [0.15, 0.2) is 0 Å². The van der Waals surface area contributed by atoms with Crippen LogP contribution in [0.1, 0.15) is 6.42 Å². The van der Waals surface area contributed by atoms with Crippen LogP contribution in [0, 0.1) is 0 Å². The molecule has 0 aliphatic heterocycles. The second kappa shape index (κ2) is 7.72. The van der Waals surface area contributed by atoms with Crippen molar-refractivity contribution in [1.82, 2.24) is 5.32 Å². The summed E-state index contributed by atoms with van der Waals surface area (Å²) in [5.41, 5.74) is 0. The molecule has 19 heavy (non-hydrogen) atoms. The molecule has 4 nitrogen and oxygen atoms in total. The Morgan fingerprint density at radius 2 is 2.00 bits per heavy atom. The van der Waals surface area contributed by atoms with Crippen LogP contribution in [0.15, 0.2) is 29.2 Å². The fourth-order valence-electron chi connectivity index (χ4n) is 1.31. The Bertz CT molecular complexity index is 512. The molecule has 0 saturated heterocycles. The second-order valence-electron chi connectivity index (χ2n) is 3.98. The molecule has 0 atom stereocenters. The van der Waals surface area contributed by atoms with Gasteiger partial charge >= 0.3 is 0 Å². The van der Waals surface area contributed by atoms with Crippen LogP contribution in [0.4, 0.5) is 0 Å². The summed E-state index contributed by atoms with van der Waals surface area (Å²) in [6, 6.07) is 7.59. The minimum Gasteiger partial charge on any atom is -0.497 e. The molecule has 7 heteroatoms. The molecule has 0 bridgehead atoms. The van der Waals surface area contributed by atoms with Crippen LogP contribution in [0.3, 0.4) is 0 Å². The number of thioether (sulfide) groups is 1. The molecule has 0 aliphatic rings. The molecule has 0 saturated carbocycles. The topological polar surface area (TPSA) is 55.4 Å². The lowest BCUT2D eigenvalue weighted by Gasteiger charge is -2.07. The fraction of sp³-hybridized carbons (Fsp3) is 0.417. The van der Waals surface area contributed by atoms with Crippen molar-refractivity contribution in [1.29, 1.82) is 0 Å². The minimum atomic E-state index is -2.89. The molecular weight excluding hydrogens is 302 g/mol. The molecule has 0 aromatic heterocycles. The van der Waals surface area contributed by atoms with Crippen molar-refractivity contribution in [2.45, 2.75) is 11.3 Å². The Morgan fingerprint density at radius 1 is 1.37 bits per heavy atom. The van der Waals surface area contributed by atoms with Gasteiger partial charge in [0.25, 0.3) is 0 Å². The molecule has 0 unspecified atom stereocenters. The van der Waals surface area contributed by atoms with E-state index in [0.29, 0.717) is 17.3 Å². The Kier molecular flexibility index (Phi) is 6.60. The monoisotopic (exact) mass is 319 g/mol. The first-order valence-electron chi connectivity index (χ1n) is 5.68. The van der Waals surface area contributed by atoms with Crippen molar-refractivity contribution in [2.75, 3.05) is 25.7 Å². The zero-order valence-electron chi connectivity index (χ0n) is 10.9. The Morgan fingerprint density at radius 3 is 2.53 bits per heavy atom. The van der Waals surface area contributed by atoms with Crippen molar-refractivity contribution in [3.8, 4) is 5.75 Å². The van der Waals surface area contributed by atoms with E-state index in [0.717, 1.165) is 10.6 Å². The summed E-state index contributed by atoms with van der Waals surface area (Å²) in [4.78, 5) is 1.02. The highest BCUT2D eigenvalue weighted by molar-refractivity contribution is 8.23. The van der Waals surface area contributed by atoms with Gasteiger partial charge in [-0.25, -0.2) is 8.42 Å². The Balaban J connectivity index is 2.30. The summed E-state index contributed by atoms with van der Waals surface area (Å²) in [5, 5.41) is 3.03. The zero-order chi connectivity index (χ0) is 14.3. The van der Waals surface area contributed by atoms with E-state index in [9.17, 15) is 8.42 Å². The van der Waals surface area contributed by atoms with Gasteiger partial charge in [-0.2, -0.15) is 0 Å². The van der Waals surface area contributed by atoms with E-state index in [-0.39, 0.29) is 5.75 Å². The third-order valence-electron chi connectivity index (χ3n) is 2.23. The van der Waals surface area contributed by atoms with Crippen LogP contribution in [0.25, 0.3) is 0 Å². The van der Waals surface area contributed by atoms with E-state index in [4.69, 9.17) is 17.0 Å². The van der Waals surface area contributed by atoms with Crippen LogP contribution < -0.4 is 10.1 Å². The lowest BCUT2D eigenvalue weighted by molar-refractivity contribution is 0.414. The third kappa shape index (κ3) is 7.39. The van der Waals surface area contributed by atoms with Crippen LogP contribution in [0.5, 0.6) is 5.75 Å². The number of rotatable bonds is 6. The van der Waals surface area contributed by atoms with Crippen LogP contribution >= 0.6 is 24.0 Å². The highest BCUT2D eigenvalue weighted by atomic mass is 32.2. The molecule has 0 fully saturated rings. The SMILES string of the molecule is COc1ccc(SC(=S)NCCCS(C)(=O)=O)cc1. The first-order valence-corrected chi connectivity index (χ1v) is 8.97. The van der Waals surface area contributed by atoms with Gasteiger partial charge in [0.05, 0.1) is 12.9 Å². The molecule has 0 aliphatic carbocycles. The van der Waals surface area contributed by atoms with Crippen molar-refractivity contribution in [3.05, 3.63) is 24.3 Å². The van der Waals surface area contributed by atoms with Gasteiger partial charge in [-0.05, 0) is 30.7 Å². The third-order valence-corrected chi connectivity index (χ3v) is 4.49. The largest absolute Gasteiger partial charge is 0.497 e. The Labute approximate surface area is 123 Å². The second-order valence-corrected chi connectivity index (χ2v) is 7.99. The van der Waals surface area contributed by atoms with E-state index in [1.165, 1.54) is 18.0 Å². The smallest absolute Gasteiger partial charge is 0.147 e. The summed E-state index contributed by atoms with van der Waals surface area (Å²) in [5.74, 6) is 0.979. The molecule has 106 valence electrons. The van der Waals surface area contributed by atoms with Gasteiger partial charge < -0.3 is 10.1 Å². The number of hydrogen-bond donors (Lipinski definition) is 1. The predicted octanol–water partition coefficient (Wildman–Crippen LogP) is 2.10. The zero-order valence-corrected chi connectivity index (χ0v) is 13.3. The highest BCUT2D eigenvalue weighted by Gasteiger charge is 2.03. The molecule has 0 radical (unpaired) electrons. The molecule has 0 amide bonds. The van der Waals surface area contributed by atoms with Gasteiger partial charge in [0, 0.05) is 17.7 Å². The predicted molar refractivity (Wildman–Crippen MR) is 83.8 cm³/mol. The van der Waals surface area contributed by atoms with Crippen molar-refractivity contribution >= 4 is 38.1 Å². The number of nitrogens with one attached hydrogen (secondary N) is 1. The molecule has 1 aromatic rings. The van der Waals surface area contributed by atoms with Gasteiger partial charge in [0.2, 0.25) is 0 Å². The van der Waals surface area contributed by atoms with Crippen LogP contribution in [0.2, 0.25) is 0 Å². The average molecular weight is 319 g/mol. The Hall–Kier alpha value is -0.790.